The summed E-state index contributed by atoms with van der Waals surface area (Å²) >= 11 is 0. The van der Waals surface area contributed by atoms with Gasteiger partial charge in [-0.25, -0.2) is 4.79 Å². The van der Waals surface area contributed by atoms with Crippen molar-refractivity contribution in [3.05, 3.63) is 95.3 Å². The minimum Gasteiger partial charge on any atom is -0.479 e. The first kappa shape index (κ1) is 28.2. The highest BCUT2D eigenvalue weighted by Gasteiger charge is 2.47. The van der Waals surface area contributed by atoms with Crippen molar-refractivity contribution in [3.8, 4) is 0 Å². The van der Waals surface area contributed by atoms with Gasteiger partial charge in [-0.15, -0.1) is 0 Å². The number of benzene rings is 2. The van der Waals surface area contributed by atoms with Crippen LogP contribution in [0.3, 0.4) is 0 Å². The smallest absolute Gasteiger partial charge is 0.330 e. The van der Waals surface area contributed by atoms with Crippen molar-refractivity contribution in [2.24, 2.45) is 0 Å². The summed E-state index contributed by atoms with van der Waals surface area (Å²) in [6, 6.07) is 23.8. The van der Waals surface area contributed by atoms with Crippen LogP contribution in [-0.4, -0.2) is 34.1 Å². The summed E-state index contributed by atoms with van der Waals surface area (Å²) in [7, 11) is 0. The van der Waals surface area contributed by atoms with Gasteiger partial charge in [-0.2, -0.15) is 0 Å². The average Bonchev–Trinajstić information content (AvgIpc) is 2.95. The Bertz CT molecular complexity index is 1270. The number of carboxylic acids is 1. The number of pyridine rings is 1. The van der Waals surface area contributed by atoms with E-state index in [4.69, 9.17) is 9.72 Å². The first-order chi connectivity index (χ1) is 19.0. The number of anilines is 1. The molecule has 6 nitrogen and oxygen atoms in total. The summed E-state index contributed by atoms with van der Waals surface area (Å²) in [6.07, 6.45) is 10.5. The van der Waals surface area contributed by atoms with Crippen LogP contribution in [0.5, 0.6) is 0 Å². The van der Waals surface area contributed by atoms with Crippen molar-refractivity contribution in [3.63, 3.8) is 0 Å². The number of ether oxygens (including phenoxy) is 1. The number of aryl methyl sites for hydroxylation is 1. The lowest BCUT2D eigenvalue weighted by Gasteiger charge is -2.42. The van der Waals surface area contributed by atoms with E-state index in [1.54, 1.807) is 0 Å². The summed E-state index contributed by atoms with van der Waals surface area (Å²) in [5.74, 6) is -1.19. The molecular formula is C33H38N2O4. The lowest BCUT2D eigenvalue weighted by Crippen LogP contribution is -2.58. The average molecular weight is 527 g/mol. The highest BCUT2D eigenvalue weighted by Crippen LogP contribution is 2.38. The predicted octanol–water partition coefficient (Wildman–Crippen LogP) is 6.93. The van der Waals surface area contributed by atoms with Crippen LogP contribution in [0.4, 0.5) is 5.69 Å². The van der Waals surface area contributed by atoms with Gasteiger partial charge in [0.25, 0.3) is 0 Å². The van der Waals surface area contributed by atoms with Crippen molar-refractivity contribution in [1.29, 1.82) is 0 Å². The Morgan fingerprint density at radius 2 is 1.72 bits per heavy atom. The number of rotatable bonds is 12. The quantitative estimate of drug-likeness (QED) is 0.259. The van der Waals surface area contributed by atoms with Gasteiger partial charge in [-0.1, -0.05) is 73.9 Å². The monoisotopic (exact) mass is 526 g/mol. The fraction of sp³-hybridized carbons (Fsp3) is 0.364. The van der Waals surface area contributed by atoms with Crippen molar-refractivity contribution in [2.75, 3.05) is 11.5 Å². The van der Waals surface area contributed by atoms with Crippen molar-refractivity contribution >= 4 is 29.7 Å². The van der Waals surface area contributed by atoms with Crippen LogP contribution < -0.4 is 4.90 Å². The molecule has 2 aromatic carbocycles. The Kier molecular flexibility index (Phi) is 10.0. The second-order valence-corrected chi connectivity index (χ2v) is 10.2. The first-order valence-corrected chi connectivity index (χ1v) is 13.9. The van der Waals surface area contributed by atoms with Gasteiger partial charge in [0.15, 0.2) is 0 Å². The SMILES string of the molecule is CC(=O)N(c1cccc(/C=C/c2cccc(COCCCCc3ccccc3)n2)c1)C1(C(=O)O)CCCCC1. The number of carbonyl (C=O) groups excluding carboxylic acids is 1. The lowest BCUT2D eigenvalue weighted by molar-refractivity contribution is -0.146. The van der Waals surface area contributed by atoms with Crippen LogP contribution in [0.15, 0.2) is 72.8 Å². The van der Waals surface area contributed by atoms with E-state index in [1.165, 1.54) is 17.4 Å². The molecule has 0 saturated heterocycles. The zero-order valence-corrected chi connectivity index (χ0v) is 22.7. The van der Waals surface area contributed by atoms with Crippen molar-refractivity contribution in [2.45, 2.75) is 70.4 Å². The van der Waals surface area contributed by atoms with Crippen LogP contribution in [-0.2, 0) is 27.4 Å². The molecule has 1 N–H and O–H groups in total. The molecule has 1 aliphatic rings. The molecule has 1 aliphatic carbocycles. The molecule has 1 aromatic heterocycles. The van der Waals surface area contributed by atoms with Crippen LogP contribution in [0.2, 0.25) is 0 Å². The largest absolute Gasteiger partial charge is 0.479 e. The molecule has 3 aromatic rings. The van der Waals surface area contributed by atoms with E-state index in [-0.39, 0.29) is 5.91 Å². The molecule has 0 radical (unpaired) electrons. The molecule has 0 atom stereocenters. The minimum absolute atomic E-state index is 0.255. The number of unbranched alkanes of at least 4 members (excludes halogenated alkanes) is 1. The van der Waals surface area contributed by atoms with Gasteiger partial charge in [0.1, 0.15) is 5.54 Å². The molecule has 39 heavy (non-hydrogen) atoms. The fourth-order valence-corrected chi connectivity index (χ4v) is 5.38. The Morgan fingerprint density at radius 1 is 0.949 bits per heavy atom. The van der Waals surface area contributed by atoms with E-state index < -0.39 is 11.5 Å². The Hall–Kier alpha value is -3.77. The second kappa shape index (κ2) is 13.9. The molecule has 204 valence electrons. The topological polar surface area (TPSA) is 79.7 Å². The summed E-state index contributed by atoms with van der Waals surface area (Å²) in [6.45, 7) is 2.61. The van der Waals surface area contributed by atoms with Crippen LogP contribution >= 0.6 is 0 Å². The molecule has 0 bridgehead atoms. The summed E-state index contributed by atoms with van der Waals surface area (Å²) in [5.41, 5.74) is 3.33. The van der Waals surface area contributed by atoms with E-state index >= 15 is 0 Å². The van der Waals surface area contributed by atoms with Gasteiger partial charge in [0.05, 0.1) is 18.0 Å². The van der Waals surface area contributed by atoms with Gasteiger partial charge < -0.3 is 9.84 Å². The Morgan fingerprint density at radius 3 is 2.46 bits per heavy atom. The highest BCUT2D eigenvalue weighted by atomic mass is 16.5. The highest BCUT2D eigenvalue weighted by molar-refractivity contribution is 6.00. The molecule has 0 spiro atoms. The number of aliphatic carboxylic acids is 1. The van der Waals surface area contributed by atoms with E-state index in [9.17, 15) is 14.7 Å². The summed E-state index contributed by atoms with van der Waals surface area (Å²) < 4.78 is 5.85. The van der Waals surface area contributed by atoms with Gasteiger partial charge in [0, 0.05) is 19.2 Å². The van der Waals surface area contributed by atoms with Gasteiger partial charge in [-0.3, -0.25) is 14.7 Å². The van der Waals surface area contributed by atoms with E-state index in [0.717, 1.165) is 55.5 Å². The molecule has 1 amide bonds. The molecular weight excluding hydrogens is 488 g/mol. The maximum absolute atomic E-state index is 12.7. The molecule has 4 rings (SSSR count). The van der Waals surface area contributed by atoms with E-state index in [0.29, 0.717) is 31.7 Å². The zero-order valence-electron chi connectivity index (χ0n) is 22.7. The molecule has 1 saturated carbocycles. The molecule has 1 fully saturated rings. The van der Waals surface area contributed by atoms with Crippen molar-refractivity contribution in [1.82, 2.24) is 4.98 Å². The van der Waals surface area contributed by atoms with Gasteiger partial charge >= 0.3 is 5.97 Å². The van der Waals surface area contributed by atoms with Gasteiger partial charge in [-0.05, 0) is 73.6 Å². The summed E-state index contributed by atoms with van der Waals surface area (Å²) in [4.78, 5) is 31.3. The third-order valence-corrected chi connectivity index (χ3v) is 7.32. The normalized spacial score (nSPS) is 14.8. The Labute approximate surface area is 231 Å². The molecule has 0 aliphatic heterocycles. The molecule has 6 heteroatoms. The number of nitrogens with zero attached hydrogens (tertiary/aromatic N) is 2. The van der Waals surface area contributed by atoms with E-state index in [1.807, 2.05) is 60.7 Å². The van der Waals surface area contributed by atoms with Crippen molar-refractivity contribution < 1.29 is 19.4 Å². The summed E-state index contributed by atoms with van der Waals surface area (Å²) in [5, 5.41) is 10.1. The van der Waals surface area contributed by atoms with Gasteiger partial charge in [0.2, 0.25) is 5.91 Å². The third-order valence-electron chi connectivity index (χ3n) is 7.32. The first-order valence-electron chi connectivity index (χ1n) is 13.9. The second-order valence-electron chi connectivity index (χ2n) is 10.2. The third kappa shape index (κ3) is 7.64. The maximum atomic E-state index is 12.7. The van der Waals surface area contributed by atoms with Crippen LogP contribution in [0.25, 0.3) is 12.2 Å². The number of hydrogen-bond acceptors (Lipinski definition) is 4. The predicted molar refractivity (Wildman–Crippen MR) is 155 cm³/mol. The van der Waals surface area contributed by atoms with Crippen LogP contribution in [0.1, 0.15) is 74.4 Å². The van der Waals surface area contributed by atoms with Crippen LogP contribution in [0, 0.1) is 0 Å². The standard InChI is InChI=1S/C33H38N2O4/c1-26(36)35(33(32(37)38)21-7-3-8-22-33)31-18-10-15-28(24-31)19-20-29-16-11-17-30(34-29)25-39-23-9-6-14-27-12-4-2-5-13-27/h2,4-5,10-13,15-20,24H,3,6-9,14,21-23,25H2,1H3,(H,37,38)/b20-19+. The lowest BCUT2D eigenvalue weighted by atomic mass is 9.79. The number of hydrogen-bond donors (Lipinski definition) is 1. The Balaban J connectivity index is 1.36. The number of carboxylic acid groups (broad SMARTS) is 1. The molecule has 0 unspecified atom stereocenters. The maximum Gasteiger partial charge on any atom is 0.330 e. The number of aromatic nitrogens is 1. The number of amides is 1. The fourth-order valence-electron chi connectivity index (χ4n) is 5.38. The zero-order chi connectivity index (χ0) is 27.5. The van der Waals surface area contributed by atoms with E-state index in [2.05, 4.69) is 24.3 Å². The number of carbonyl (C=O) groups is 2. The minimum atomic E-state index is -1.19. The molecule has 1 heterocycles.